The Hall–Kier alpha value is -1.38. The van der Waals surface area contributed by atoms with Gasteiger partial charge in [0.2, 0.25) is 0 Å². The van der Waals surface area contributed by atoms with Crippen molar-refractivity contribution in [2.24, 2.45) is 4.99 Å². The summed E-state index contributed by atoms with van der Waals surface area (Å²) in [7, 11) is 7.70. The number of benzene rings is 1. The second-order valence-corrected chi connectivity index (χ2v) is 4.33. The second kappa shape index (κ2) is 7.93. The number of nitro groups is 1. The molecule has 0 unspecified atom stereocenters. The first-order chi connectivity index (χ1) is 8.41. The molecule has 19 heavy (non-hydrogen) atoms. The smallest absolute Gasteiger partial charge is 0.269 e. The number of nitro benzene ring substituents is 1. The molecule has 0 aliphatic rings. The fraction of sp³-hybridized carbons (Fsp3) is 0.417. The summed E-state index contributed by atoms with van der Waals surface area (Å²) in [5.41, 5.74) is 1.05. The minimum Gasteiger partial charge on any atom is -0.349 e. The summed E-state index contributed by atoms with van der Waals surface area (Å²) in [6, 6.07) is 6.45. The Balaban J connectivity index is 0.00000324. The zero-order valence-electron chi connectivity index (χ0n) is 11.5. The third-order valence-electron chi connectivity index (χ3n) is 2.35. The predicted molar refractivity (Wildman–Crippen MR) is 87.0 cm³/mol. The van der Waals surface area contributed by atoms with Crippen molar-refractivity contribution in [1.29, 1.82) is 0 Å². The van der Waals surface area contributed by atoms with Gasteiger partial charge < -0.3 is 9.80 Å². The van der Waals surface area contributed by atoms with Gasteiger partial charge in [0, 0.05) is 40.3 Å². The summed E-state index contributed by atoms with van der Waals surface area (Å²) in [5, 5.41) is 10.5. The van der Waals surface area contributed by atoms with Crippen LogP contribution in [-0.2, 0) is 6.54 Å². The molecule has 0 spiro atoms. The average molecular weight is 378 g/mol. The van der Waals surface area contributed by atoms with Crippen LogP contribution in [0.25, 0.3) is 0 Å². The van der Waals surface area contributed by atoms with Gasteiger partial charge in [0.1, 0.15) is 0 Å². The van der Waals surface area contributed by atoms with Crippen LogP contribution in [0.15, 0.2) is 29.3 Å². The van der Waals surface area contributed by atoms with E-state index in [-0.39, 0.29) is 29.7 Å². The topological polar surface area (TPSA) is 62.0 Å². The Labute approximate surface area is 130 Å². The van der Waals surface area contributed by atoms with E-state index in [2.05, 4.69) is 4.99 Å². The summed E-state index contributed by atoms with van der Waals surface area (Å²) >= 11 is 0. The second-order valence-electron chi connectivity index (χ2n) is 4.33. The highest BCUT2D eigenvalue weighted by atomic mass is 127. The quantitative estimate of drug-likeness (QED) is 0.266. The lowest BCUT2D eigenvalue weighted by Gasteiger charge is -2.22. The Morgan fingerprint density at radius 2 is 1.63 bits per heavy atom. The number of guanidine groups is 1. The zero-order chi connectivity index (χ0) is 13.7. The highest BCUT2D eigenvalue weighted by molar-refractivity contribution is 14.0. The zero-order valence-corrected chi connectivity index (χ0v) is 13.9. The van der Waals surface area contributed by atoms with Crippen LogP contribution in [0.4, 0.5) is 5.69 Å². The minimum absolute atomic E-state index is 0. The van der Waals surface area contributed by atoms with Crippen molar-refractivity contribution in [3.63, 3.8) is 0 Å². The number of nitrogens with zero attached hydrogens (tertiary/aromatic N) is 4. The van der Waals surface area contributed by atoms with Crippen molar-refractivity contribution in [3.8, 4) is 0 Å². The van der Waals surface area contributed by atoms with Crippen LogP contribution in [-0.4, -0.2) is 48.9 Å². The van der Waals surface area contributed by atoms with Gasteiger partial charge in [-0.05, 0) is 5.56 Å². The third kappa shape index (κ3) is 5.41. The van der Waals surface area contributed by atoms with Crippen molar-refractivity contribution in [2.75, 3.05) is 28.2 Å². The maximum Gasteiger partial charge on any atom is 0.269 e. The molecule has 0 atom stereocenters. The molecule has 0 fully saturated rings. The van der Waals surface area contributed by atoms with Gasteiger partial charge in [-0.15, -0.1) is 24.0 Å². The van der Waals surface area contributed by atoms with Gasteiger partial charge in [-0.1, -0.05) is 12.1 Å². The molecule has 1 aromatic carbocycles. The van der Waals surface area contributed by atoms with Crippen LogP contribution in [0.2, 0.25) is 0 Å². The third-order valence-corrected chi connectivity index (χ3v) is 2.35. The van der Waals surface area contributed by atoms with Crippen molar-refractivity contribution < 1.29 is 4.92 Å². The highest BCUT2D eigenvalue weighted by Gasteiger charge is 2.05. The highest BCUT2D eigenvalue weighted by Crippen LogP contribution is 2.12. The number of non-ortho nitro benzene ring substituents is 1. The summed E-state index contributed by atoms with van der Waals surface area (Å²) < 4.78 is 0. The molecule has 0 amide bonds. The van der Waals surface area contributed by atoms with E-state index in [4.69, 9.17) is 0 Å². The molecule has 0 N–H and O–H groups in total. The van der Waals surface area contributed by atoms with Crippen LogP contribution in [0.1, 0.15) is 5.56 Å². The van der Waals surface area contributed by atoms with Crippen LogP contribution in [0.3, 0.4) is 0 Å². The van der Waals surface area contributed by atoms with Gasteiger partial charge >= 0.3 is 0 Å². The first kappa shape index (κ1) is 17.6. The van der Waals surface area contributed by atoms with Gasteiger partial charge in [0.05, 0.1) is 11.5 Å². The van der Waals surface area contributed by atoms with Crippen molar-refractivity contribution in [2.45, 2.75) is 6.54 Å². The lowest BCUT2D eigenvalue weighted by molar-refractivity contribution is -0.384. The first-order valence-corrected chi connectivity index (χ1v) is 5.54. The van der Waals surface area contributed by atoms with Crippen LogP contribution < -0.4 is 0 Å². The lowest BCUT2D eigenvalue weighted by Crippen LogP contribution is -2.35. The first-order valence-electron chi connectivity index (χ1n) is 5.54. The van der Waals surface area contributed by atoms with Crippen molar-refractivity contribution in [1.82, 2.24) is 9.80 Å². The van der Waals surface area contributed by atoms with E-state index in [0.29, 0.717) is 6.54 Å². The van der Waals surface area contributed by atoms with Crippen molar-refractivity contribution >= 4 is 35.6 Å². The summed E-state index contributed by atoms with van der Waals surface area (Å²) in [6.45, 7) is 0.504. The van der Waals surface area contributed by atoms with Gasteiger partial charge in [0.15, 0.2) is 5.96 Å². The number of rotatable bonds is 3. The fourth-order valence-electron chi connectivity index (χ4n) is 1.57. The normalized spacial score (nSPS) is 9.26. The predicted octanol–water partition coefficient (Wildman–Crippen LogP) is 2.19. The maximum atomic E-state index is 10.5. The summed E-state index contributed by atoms with van der Waals surface area (Å²) in [5.74, 6) is 0.855. The molecular weight excluding hydrogens is 359 g/mol. The molecule has 6 nitrogen and oxygen atoms in total. The van der Waals surface area contributed by atoms with Gasteiger partial charge in [-0.3, -0.25) is 10.1 Å². The van der Waals surface area contributed by atoms with Crippen LogP contribution in [0.5, 0.6) is 0 Å². The molecular formula is C12H19IN4O2. The molecule has 0 aliphatic carbocycles. The van der Waals surface area contributed by atoms with E-state index >= 15 is 0 Å². The monoisotopic (exact) mass is 378 g/mol. The number of halogens is 1. The standard InChI is InChI=1S/C12H18N4O2.HI/c1-14(2)12(15(3)4)13-9-10-5-7-11(8-6-10)16(17)18;/h5-8H,9H2,1-4H3;1H. The number of aliphatic imine (C=N–C) groups is 1. The molecule has 0 aliphatic heterocycles. The van der Waals surface area contributed by atoms with E-state index in [1.54, 1.807) is 12.1 Å². The molecule has 1 aromatic rings. The number of hydrogen-bond donors (Lipinski definition) is 0. The number of hydrogen-bond acceptors (Lipinski definition) is 3. The van der Waals surface area contributed by atoms with E-state index in [1.165, 1.54) is 12.1 Å². The minimum atomic E-state index is -0.405. The van der Waals surface area contributed by atoms with Gasteiger partial charge in [0.25, 0.3) is 5.69 Å². The maximum absolute atomic E-state index is 10.5. The van der Waals surface area contributed by atoms with Crippen molar-refractivity contribution in [3.05, 3.63) is 39.9 Å². The fourth-order valence-corrected chi connectivity index (χ4v) is 1.57. The summed E-state index contributed by atoms with van der Waals surface area (Å²) in [6.07, 6.45) is 0. The SMILES string of the molecule is CN(C)C(=NCc1ccc([N+](=O)[O-])cc1)N(C)C.I. The Morgan fingerprint density at radius 1 is 1.16 bits per heavy atom. The van der Waals surface area contributed by atoms with E-state index in [9.17, 15) is 10.1 Å². The van der Waals surface area contributed by atoms with Crippen LogP contribution in [0, 0.1) is 10.1 Å². The van der Waals surface area contributed by atoms with Gasteiger partial charge in [-0.25, -0.2) is 4.99 Å². The molecule has 0 radical (unpaired) electrons. The molecule has 106 valence electrons. The summed E-state index contributed by atoms with van der Waals surface area (Å²) in [4.78, 5) is 18.4. The molecule has 0 bridgehead atoms. The molecule has 0 saturated heterocycles. The lowest BCUT2D eigenvalue weighted by atomic mass is 10.2. The Morgan fingerprint density at radius 3 is 2.00 bits per heavy atom. The average Bonchev–Trinajstić information content (AvgIpc) is 2.28. The largest absolute Gasteiger partial charge is 0.349 e. The molecule has 0 saturated carbocycles. The Kier molecular flexibility index (Phi) is 7.35. The molecule has 7 heteroatoms. The van der Waals surface area contributed by atoms with E-state index in [1.807, 2.05) is 38.0 Å². The van der Waals surface area contributed by atoms with Gasteiger partial charge in [-0.2, -0.15) is 0 Å². The van der Waals surface area contributed by atoms with E-state index in [0.717, 1.165) is 11.5 Å². The van der Waals surface area contributed by atoms with E-state index < -0.39 is 4.92 Å². The molecule has 0 heterocycles. The molecule has 0 aromatic heterocycles. The van der Waals surface area contributed by atoms with Crippen LogP contribution >= 0.6 is 24.0 Å². The molecule has 1 rings (SSSR count). The Bertz CT molecular complexity index is 434.